The summed E-state index contributed by atoms with van der Waals surface area (Å²) in [6.45, 7) is 5.72. The van der Waals surface area contributed by atoms with Crippen LogP contribution in [0.4, 0.5) is 0 Å². The average Bonchev–Trinajstić information content (AvgIpc) is 2.68. The molecule has 0 aliphatic carbocycles. The third-order valence-electron chi connectivity index (χ3n) is 3.77. The minimum absolute atomic E-state index is 0.302. The molecule has 0 amide bonds. The molecule has 3 aliphatic heterocycles. The molecule has 0 atom stereocenters. The highest BCUT2D eigenvalue weighted by molar-refractivity contribution is 5.00. The van der Waals surface area contributed by atoms with Crippen LogP contribution in [0.2, 0.25) is 0 Å². The SMILES string of the molecule is Cc1cn(C23CCN(CC2)CC3)nn1. The maximum Gasteiger partial charge on any atom is 0.0796 e. The van der Waals surface area contributed by atoms with Crippen LogP contribution in [0.25, 0.3) is 0 Å². The zero-order valence-corrected chi connectivity index (χ0v) is 8.61. The van der Waals surface area contributed by atoms with Crippen LogP contribution in [0.1, 0.15) is 25.0 Å². The Morgan fingerprint density at radius 2 is 1.86 bits per heavy atom. The lowest BCUT2D eigenvalue weighted by Gasteiger charge is -2.48. The van der Waals surface area contributed by atoms with Crippen LogP contribution in [-0.2, 0) is 5.54 Å². The van der Waals surface area contributed by atoms with E-state index in [0.29, 0.717) is 5.54 Å². The lowest BCUT2D eigenvalue weighted by Crippen LogP contribution is -2.53. The van der Waals surface area contributed by atoms with E-state index in [4.69, 9.17) is 0 Å². The van der Waals surface area contributed by atoms with E-state index in [1.807, 2.05) is 6.92 Å². The van der Waals surface area contributed by atoms with E-state index in [-0.39, 0.29) is 0 Å². The summed E-state index contributed by atoms with van der Waals surface area (Å²) < 4.78 is 2.12. The first-order chi connectivity index (χ1) is 6.78. The summed E-state index contributed by atoms with van der Waals surface area (Å²) >= 11 is 0. The van der Waals surface area contributed by atoms with Gasteiger partial charge in [-0.25, -0.2) is 4.68 Å². The fourth-order valence-corrected chi connectivity index (χ4v) is 2.73. The number of piperidine rings is 3. The quantitative estimate of drug-likeness (QED) is 0.659. The topological polar surface area (TPSA) is 34.0 Å². The smallest absolute Gasteiger partial charge is 0.0796 e. The highest BCUT2D eigenvalue weighted by atomic mass is 15.5. The van der Waals surface area contributed by atoms with E-state index < -0.39 is 0 Å². The molecule has 4 heteroatoms. The van der Waals surface area contributed by atoms with Crippen molar-refractivity contribution in [1.82, 2.24) is 19.9 Å². The van der Waals surface area contributed by atoms with Gasteiger partial charge in [-0.3, -0.25) is 0 Å². The number of aromatic nitrogens is 3. The molecule has 3 saturated heterocycles. The van der Waals surface area contributed by atoms with Gasteiger partial charge in [0.1, 0.15) is 0 Å². The number of hydrogen-bond donors (Lipinski definition) is 0. The fraction of sp³-hybridized carbons (Fsp3) is 0.800. The lowest BCUT2D eigenvalue weighted by atomic mass is 9.80. The normalized spacial score (nSPS) is 36.2. The van der Waals surface area contributed by atoms with Crippen molar-refractivity contribution in [3.05, 3.63) is 11.9 Å². The molecular weight excluding hydrogens is 176 g/mol. The van der Waals surface area contributed by atoms with Crippen molar-refractivity contribution in [3.8, 4) is 0 Å². The van der Waals surface area contributed by atoms with E-state index in [1.165, 1.54) is 38.9 Å². The Kier molecular flexibility index (Phi) is 1.68. The van der Waals surface area contributed by atoms with Crippen molar-refractivity contribution in [1.29, 1.82) is 0 Å². The van der Waals surface area contributed by atoms with Gasteiger partial charge >= 0.3 is 0 Å². The van der Waals surface area contributed by atoms with Gasteiger partial charge in [-0.2, -0.15) is 0 Å². The Labute approximate surface area is 83.9 Å². The summed E-state index contributed by atoms with van der Waals surface area (Å²) in [5.74, 6) is 0. The second-order valence-corrected chi connectivity index (χ2v) is 4.62. The predicted octanol–water partition coefficient (Wildman–Crippen LogP) is 0.781. The van der Waals surface area contributed by atoms with Crippen molar-refractivity contribution >= 4 is 0 Å². The highest BCUT2D eigenvalue weighted by Gasteiger charge is 2.41. The van der Waals surface area contributed by atoms with Crippen molar-refractivity contribution in [2.75, 3.05) is 19.6 Å². The maximum atomic E-state index is 4.26. The van der Waals surface area contributed by atoms with Crippen LogP contribution < -0.4 is 0 Å². The van der Waals surface area contributed by atoms with Gasteiger partial charge in [-0.15, -0.1) is 5.10 Å². The average molecular weight is 192 g/mol. The first-order valence-electron chi connectivity index (χ1n) is 5.40. The number of fused-ring (bicyclic) bond motifs is 3. The van der Waals surface area contributed by atoms with Crippen LogP contribution in [0, 0.1) is 6.92 Å². The molecule has 4 heterocycles. The molecule has 0 spiro atoms. The Morgan fingerprint density at radius 3 is 2.36 bits per heavy atom. The number of rotatable bonds is 1. The molecule has 0 N–H and O–H groups in total. The minimum atomic E-state index is 0.302. The van der Waals surface area contributed by atoms with Crippen molar-refractivity contribution in [2.45, 2.75) is 31.7 Å². The van der Waals surface area contributed by atoms with Gasteiger partial charge < -0.3 is 4.90 Å². The minimum Gasteiger partial charge on any atom is -0.303 e. The molecule has 0 saturated carbocycles. The molecule has 76 valence electrons. The van der Waals surface area contributed by atoms with Crippen LogP contribution in [0.5, 0.6) is 0 Å². The van der Waals surface area contributed by atoms with Gasteiger partial charge in [0.05, 0.1) is 11.2 Å². The summed E-state index contributed by atoms with van der Waals surface area (Å²) in [5.41, 5.74) is 1.34. The number of hydrogen-bond acceptors (Lipinski definition) is 3. The summed E-state index contributed by atoms with van der Waals surface area (Å²) in [6, 6.07) is 0. The Balaban J connectivity index is 1.95. The molecule has 0 radical (unpaired) electrons. The first kappa shape index (κ1) is 8.41. The third-order valence-corrected chi connectivity index (χ3v) is 3.77. The standard InChI is InChI=1S/C10H16N4/c1-9-8-14(12-11-9)10-2-5-13(6-3-10)7-4-10/h8H,2-7H2,1H3. The summed E-state index contributed by atoms with van der Waals surface area (Å²) in [6.07, 6.45) is 5.84. The lowest BCUT2D eigenvalue weighted by molar-refractivity contribution is 0.0252. The van der Waals surface area contributed by atoms with Gasteiger partial charge in [0.2, 0.25) is 0 Å². The summed E-state index contributed by atoms with van der Waals surface area (Å²) in [5, 5.41) is 8.36. The van der Waals surface area contributed by atoms with E-state index in [0.717, 1.165) is 5.69 Å². The van der Waals surface area contributed by atoms with Crippen molar-refractivity contribution < 1.29 is 0 Å². The second kappa shape index (κ2) is 2.79. The Hall–Kier alpha value is -0.900. The largest absolute Gasteiger partial charge is 0.303 e. The van der Waals surface area contributed by atoms with Gasteiger partial charge in [-0.05, 0) is 26.2 Å². The molecule has 1 aromatic heterocycles. The molecule has 3 aliphatic rings. The molecule has 4 rings (SSSR count). The molecule has 14 heavy (non-hydrogen) atoms. The molecule has 3 fully saturated rings. The van der Waals surface area contributed by atoms with Crippen LogP contribution in [0.3, 0.4) is 0 Å². The molecule has 4 nitrogen and oxygen atoms in total. The van der Waals surface area contributed by atoms with E-state index in [1.54, 1.807) is 0 Å². The monoisotopic (exact) mass is 192 g/mol. The Bertz CT molecular complexity index is 322. The van der Waals surface area contributed by atoms with Gasteiger partial charge in [0, 0.05) is 25.8 Å². The molecule has 1 aromatic rings. The number of nitrogens with zero attached hydrogens (tertiary/aromatic N) is 4. The zero-order valence-electron chi connectivity index (χ0n) is 8.61. The van der Waals surface area contributed by atoms with Crippen LogP contribution >= 0.6 is 0 Å². The molecular formula is C10H16N4. The number of aryl methyl sites for hydroxylation is 1. The zero-order chi connectivity index (χ0) is 9.60. The molecule has 0 aromatic carbocycles. The molecule has 0 unspecified atom stereocenters. The van der Waals surface area contributed by atoms with E-state index in [9.17, 15) is 0 Å². The van der Waals surface area contributed by atoms with Crippen molar-refractivity contribution in [2.24, 2.45) is 0 Å². The van der Waals surface area contributed by atoms with Gasteiger partial charge in [0.25, 0.3) is 0 Å². The molecule has 2 bridgehead atoms. The van der Waals surface area contributed by atoms with E-state index >= 15 is 0 Å². The van der Waals surface area contributed by atoms with Crippen LogP contribution in [-0.4, -0.2) is 39.5 Å². The van der Waals surface area contributed by atoms with Crippen LogP contribution in [0.15, 0.2) is 6.20 Å². The highest BCUT2D eigenvalue weighted by Crippen LogP contribution is 2.37. The van der Waals surface area contributed by atoms with E-state index in [2.05, 4.69) is 26.1 Å². The summed E-state index contributed by atoms with van der Waals surface area (Å²) in [7, 11) is 0. The second-order valence-electron chi connectivity index (χ2n) is 4.62. The third kappa shape index (κ3) is 1.10. The van der Waals surface area contributed by atoms with Gasteiger partial charge in [0.15, 0.2) is 0 Å². The van der Waals surface area contributed by atoms with Crippen molar-refractivity contribution in [3.63, 3.8) is 0 Å². The predicted molar refractivity (Wildman–Crippen MR) is 53.0 cm³/mol. The summed E-state index contributed by atoms with van der Waals surface area (Å²) in [4.78, 5) is 2.55. The first-order valence-corrected chi connectivity index (χ1v) is 5.40. The maximum absolute atomic E-state index is 4.26. The Morgan fingerprint density at radius 1 is 1.21 bits per heavy atom. The fourth-order valence-electron chi connectivity index (χ4n) is 2.73. The van der Waals surface area contributed by atoms with Gasteiger partial charge in [-0.1, -0.05) is 5.21 Å².